The van der Waals surface area contributed by atoms with E-state index in [9.17, 15) is 0 Å². The number of ether oxygens (including phenoxy) is 1. The Labute approximate surface area is 128 Å². The molecule has 1 N–H and O–H groups in total. The molecule has 0 amide bonds. The summed E-state index contributed by atoms with van der Waals surface area (Å²) >= 11 is 8.68. The summed E-state index contributed by atoms with van der Waals surface area (Å²) in [6, 6.07) is 8.17. The Morgan fingerprint density at radius 2 is 2.00 bits per heavy atom. The van der Waals surface area contributed by atoms with Gasteiger partial charge in [-0.15, -0.1) is 11.3 Å². The van der Waals surface area contributed by atoms with E-state index in [4.69, 9.17) is 4.74 Å². The second-order valence-electron chi connectivity index (χ2n) is 3.79. The Balaban J connectivity index is 1.95. The van der Waals surface area contributed by atoms with Crippen LogP contribution < -0.4 is 10.1 Å². The van der Waals surface area contributed by atoms with Crippen LogP contribution in [0.1, 0.15) is 10.4 Å². The fourth-order valence-electron chi connectivity index (χ4n) is 1.65. The zero-order valence-corrected chi connectivity index (χ0v) is 13.9. The topological polar surface area (TPSA) is 21.3 Å². The van der Waals surface area contributed by atoms with Gasteiger partial charge in [0, 0.05) is 37.9 Å². The van der Waals surface area contributed by atoms with Gasteiger partial charge in [-0.3, -0.25) is 0 Å². The summed E-state index contributed by atoms with van der Waals surface area (Å²) in [6.45, 7) is 1.66. The molecular weight excluding hydrogens is 378 g/mol. The molecule has 0 aliphatic carbocycles. The first-order valence-electron chi connectivity index (χ1n) is 5.45. The van der Waals surface area contributed by atoms with Crippen LogP contribution in [0.2, 0.25) is 0 Å². The molecule has 0 fully saturated rings. The quantitative estimate of drug-likeness (QED) is 0.807. The van der Waals surface area contributed by atoms with Crippen LogP contribution in [0, 0.1) is 0 Å². The smallest absolute Gasteiger partial charge is 0.123 e. The van der Waals surface area contributed by atoms with E-state index < -0.39 is 0 Å². The number of rotatable bonds is 5. The van der Waals surface area contributed by atoms with E-state index in [0.717, 1.165) is 33.3 Å². The van der Waals surface area contributed by atoms with Crippen LogP contribution in [0.4, 0.5) is 0 Å². The Morgan fingerprint density at radius 1 is 1.17 bits per heavy atom. The summed E-state index contributed by atoms with van der Waals surface area (Å²) in [5.74, 6) is 0.915. The van der Waals surface area contributed by atoms with Gasteiger partial charge < -0.3 is 10.1 Å². The van der Waals surface area contributed by atoms with Gasteiger partial charge in [-0.2, -0.15) is 0 Å². The van der Waals surface area contributed by atoms with Crippen molar-refractivity contribution in [2.75, 3.05) is 7.11 Å². The van der Waals surface area contributed by atoms with Crippen molar-refractivity contribution in [2.24, 2.45) is 0 Å². The largest absolute Gasteiger partial charge is 0.496 e. The second-order valence-corrected chi connectivity index (χ2v) is 6.62. The lowest BCUT2D eigenvalue weighted by Gasteiger charge is -2.09. The number of methoxy groups -OCH3 is 1. The summed E-state index contributed by atoms with van der Waals surface area (Å²) in [5, 5.41) is 5.52. The van der Waals surface area contributed by atoms with Gasteiger partial charge in [-0.05, 0) is 40.2 Å². The summed E-state index contributed by atoms with van der Waals surface area (Å²) in [4.78, 5) is 1.32. The molecule has 1 aromatic heterocycles. The molecule has 1 aromatic carbocycles. The third-order valence-corrected chi connectivity index (χ3v) is 4.67. The van der Waals surface area contributed by atoms with E-state index in [1.807, 2.05) is 12.1 Å². The van der Waals surface area contributed by atoms with Crippen LogP contribution in [-0.4, -0.2) is 7.11 Å². The molecule has 0 bridgehead atoms. The highest BCUT2D eigenvalue weighted by atomic mass is 79.9. The molecule has 0 aliphatic heterocycles. The van der Waals surface area contributed by atoms with Crippen molar-refractivity contribution in [1.29, 1.82) is 0 Å². The van der Waals surface area contributed by atoms with Crippen LogP contribution in [0.5, 0.6) is 5.75 Å². The predicted molar refractivity (Wildman–Crippen MR) is 83.3 cm³/mol. The SMILES string of the molecule is COc1ccc(Br)cc1CNCc1cc(Br)cs1. The molecule has 2 nitrogen and oxygen atoms in total. The summed E-state index contributed by atoms with van der Waals surface area (Å²) in [7, 11) is 1.70. The monoisotopic (exact) mass is 389 g/mol. The molecule has 0 saturated carbocycles. The van der Waals surface area contributed by atoms with E-state index in [1.54, 1.807) is 18.4 Å². The lowest BCUT2D eigenvalue weighted by molar-refractivity contribution is 0.407. The highest BCUT2D eigenvalue weighted by molar-refractivity contribution is 9.10. The zero-order valence-electron chi connectivity index (χ0n) is 9.87. The van der Waals surface area contributed by atoms with Crippen molar-refractivity contribution in [3.05, 3.63) is 49.0 Å². The first-order valence-corrected chi connectivity index (χ1v) is 7.91. The van der Waals surface area contributed by atoms with Crippen molar-refractivity contribution >= 4 is 43.2 Å². The third kappa shape index (κ3) is 3.82. The van der Waals surface area contributed by atoms with E-state index in [0.29, 0.717) is 0 Å². The van der Waals surface area contributed by atoms with Crippen LogP contribution in [0.25, 0.3) is 0 Å². The minimum Gasteiger partial charge on any atom is -0.496 e. The average Bonchev–Trinajstić information content (AvgIpc) is 2.75. The van der Waals surface area contributed by atoms with Gasteiger partial charge in [-0.1, -0.05) is 15.9 Å². The molecule has 2 aromatic rings. The average molecular weight is 391 g/mol. The van der Waals surface area contributed by atoms with E-state index in [1.165, 1.54) is 4.88 Å². The first-order chi connectivity index (χ1) is 8.69. The Hall–Kier alpha value is -0.360. The number of hydrogen-bond acceptors (Lipinski definition) is 3. The normalized spacial score (nSPS) is 10.6. The molecule has 18 heavy (non-hydrogen) atoms. The van der Waals surface area contributed by atoms with Crippen LogP contribution in [0.15, 0.2) is 38.6 Å². The standard InChI is InChI=1S/C13H13Br2NOS/c1-17-13-3-2-10(14)4-9(13)6-16-7-12-5-11(15)8-18-12/h2-5,8,16H,6-7H2,1H3. The maximum atomic E-state index is 5.34. The van der Waals surface area contributed by atoms with Crippen molar-refractivity contribution in [1.82, 2.24) is 5.32 Å². The van der Waals surface area contributed by atoms with Gasteiger partial charge in [0.05, 0.1) is 7.11 Å². The molecule has 0 unspecified atom stereocenters. The summed E-state index contributed by atoms with van der Waals surface area (Å²) in [5.41, 5.74) is 1.16. The molecule has 0 atom stereocenters. The van der Waals surface area contributed by atoms with Crippen LogP contribution in [0.3, 0.4) is 0 Å². The maximum absolute atomic E-state index is 5.34. The molecule has 5 heteroatoms. The van der Waals surface area contributed by atoms with Crippen LogP contribution >= 0.6 is 43.2 Å². The van der Waals surface area contributed by atoms with Crippen molar-refractivity contribution < 1.29 is 4.74 Å². The van der Waals surface area contributed by atoms with Gasteiger partial charge in [-0.25, -0.2) is 0 Å². The zero-order chi connectivity index (χ0) is 13.0. The van der Waals surface area contributed by atoms with Gasteiger partial charge in [0.2, 0.25) is 0 Å². The first kappa shape index (κ1) is 14.1. The molecule has 96 valence electrons. The number of thiophene rings is 1. The molecular formula is C13H13Br2NOS. The number of hydrogen-bond donors (Lipinski definition) is 1. The molecule has 2 rings (SSSR count). The second kappa shape index (κ2) is 6.70. The summed E-state index contributed by atoms with van der Waals surface area (Å²) in [6.07, 6.45) is 0. The van der Waals surface area contributed by atoms with E-state index >= 15 is 0 Å². The minimum absolute atomic E-state index is 0.790. The van der Waals surface area contributed by atoms with Gasteiger partial charge in [0.1, 0.15) is 5.75 Å². The lowest BCUT2D eigenvalue weighted by atomic mass is 10.2. The Bertz CT molecular complexity index is 527. The van der Waals surface area contributed by atoms with Crippen molar-refractivity contribution in [2.45, 2.75) is 13.1 Å². The molecule has 0 spiro atoms. The minimum atomic E-state index is 0.790. The van der Waals surface area contributed by atoms with E-state index in [2.05, 4.69) is 54.7 Å². The predicted octanol–water partition coefficient (Wildman–Crippen LogP) is 4.57. The van der Waals surface area contributed by atoms with Gasteiger partial charge >= 0.3 is 0 Å². The number of benzene rings is 1. The maximum Gasteiger partial charge on any atom is 0.123 e. The van der Waals surface area contributed by atoms with Crippen molar-refractivity contribution in [3.8, 4) is 5.75 Å². The fraction of sp³-hybridized carbons (Fsp3) is 0.231. The number of nitrogens with one attached hydrogen (secondary N) is 1. The Morgan fingerprint density at radius 3 is 2.67 bits per heavy atom. The summed E-state index contributed by atoms with van der Waals surface area (Å²) < 4.78 is 7.55. The lowest BCUT2D eigenvalue weighted by Crippen LogP contribution is -2.12. The van der Waals surface area contributed by atoms with Crippen LogP contribution in [-0.2, 0) is 13.1 Å². The molecule has 0 saturated heterocycles. The van der Waals surface area contributed by atoms with E-state index in [-0.39, 0.29) is 0 Å². The molecule has 1 heterocycles. The fourth-order valence-corrected chi connectivity index (χ4v) is 3.48. The molecule has 0 radical (unpaired) electrons. The molecule has 0 aliphatic rings. The van der Waals surface area contributed by atoms with Gasteiger partial charge in [0.15, 0.2) is 0 Å². The van der Waals surface area contributed by atoms with Gasteiger partial charge in [0.25, 0.3) is 0 Å². The highest BCUT2D eigenvalue weighted by Crippen LogP contribution is 2.23. The Kier molecular flexibility index (Phi) is 5.24. The third-order valence-electron chi connectivity index (χ3n) is 2.48. The van der Waals surface area contributed by atoms with Crippen molar-refractivity contribution in [3.63, 3.8) is 0 Å². The highest BCUT2D eigenvalue weighted by Gasteiger charge is 2.04. The number of halogens is 2.